The van der Waals surface area contributed by atoms with Crippen molar-refractivity contribution >= 4 is 30.7 Å². The van der Waals surface area contributed by atoms with Crippen LogP contribution in [0.15, 0.2) is 18.5 Å². The third kappa shape index (κ3) is 4.15. The first-order valence-corrected chi connectivity index (χ1v) is 5.67. The van der Waals surface area contributed by atoms with Gasteiger partial charge in [-0.1, -0.05) is 0 Å². The van der Waals surface area contributed by atoms with E-state index >= 15 is 0 Å². The topological polar surface area (TPSA) is 50.2 Å². The van der Waals surface area contributed by atoms with Gasteiger partial charge in [-0.25, -0.2) is 0 Å². The minimum atomic E-state index is 0. The van der Waals surface area contributed by atoms with E-state index in [1.807, 2.05) is 17.2 Å². The maximum Gasteiger partial charge on any atom is 0.244 e. The molecule has 2 unspecified atom stereocenters. The lowest BCUT2D eigenvalue weighted by molar-refractivity contribution is -0.135. The van der Waals surface area contributed by atoms with E-state index in [1.165, 1.54) is 0 Å². The molecule has 18 heavy (non-hydrogen) atoms. The molecule has 1 aromatic rings. The maximum absolute atomic E-state index is 12.1. The van der Waals surface area contributed by atoms with Gasteiger partial charge in [0.25, 0.3) is 0 Å². The molecule has 1 saturated heterocycles. The number of hydrogen-bond donors (Lipinski definition) is 1. The summed E-state index contributed by atoms with van der Waals surface area (Å²) in [5.74, 6) is 0.143. The van der Waals surface area contributed by atoms with Gasteiger partial charge in [0, 0.05) is 37.6 Å². The summed E-state index contributed by atoms with van der Waals surface area (Å²) in [6.45, 7) is 6.15. The Labute approximate surface area is 120 Å². The number of carbonyl (C=O) groups is 1. The van der Waals surface area contributed by atoms with Crippen molar-refractivity contribution in [3.05, 3.63) is 18.5 Å². The molecule has 0 spiro atoms. The molecule has 1 fully saturated rings. The molecule has 104 valence electrons. The number of nitrogens with one attached hydrogen (secondary N) is 1. The van der Waals surface area contributed by atoms with Crippen molar-refractivity contribution < 1.29 is 4.79 Å². The number of aromatic nitrogens is 2. The monoisotopic (exact) mass is 294 g/mol. The van der Waals surface area contributed by atoms with Gasteiger partial charge in [0.15, 0.2) is 0 Å². The van der Waals surface area contributed by atoms with E-state index in [9.17, 15) is 4.79 Å². The van der Waals surface area contributed by atoms with Gasteiger partial charge < -0.3 is 10.2 Å². The Morgan fingerprint density at radius 2 is 2.17 bits per heavy atom. The Kier molecular flexibility index (Phi) is 7.28. The number of carbonyl (C=O) groups excluding carboxylic acids is 1. The summed E-state index contributed by atoms with van der Waals surface area (Å²) in [6, 6.07) is 2.47. The Bertz CT molecular complexity index is 358. The average Bonchev–Trinajstić information content (AvgIpc) is 2.74. The lowest BCUT2D eigenvalue weighted by atomic mass is 10.1. The first-order chi connectivity index (χ1) is 7.66. The van der Waals surface area contributed by atoms with Crippen molar-refractivity contribution in [1.82, 2.24) is 20.0 Å². The summed E-state index contributed by atoms with van der Waals surface area (Å²) in [5, 5.41) is 7.41. The molecule has 1 aliphatic heterocycles. The van der Waals surface area contributed by atoms with Crippen LogP contribution in [0.5, 0.6) is 0 Å². The average molecular weight is 295 g/mol. The number of hydrogen-bond acceptors (Lipinski definition) is 3. The number of amides is 1. The lowest BCUT2D eigenvalue weighted by Crippen LogP contribution is -2.56. The fraction of sp³-hybridized carbons (Fsp3) is 0.636. The molecule has 1 amide bonds. The molecular formula is C11H20Cl2N4O. The van der Waals surface area contributed by atoms with Gasteiger partial charge in [-0.3, -0.25) is 9.48 Å². The summed E-state index contributed by atoms with van der Waals surface area (Å²) in [4.78, 5) is 14.0. The standard InChI is InChI=1S/C11H18N4O.2ClH/c1-9-7-15(10(2)6-12-9)11(16)8-14-5-3-4-13-14;;/h3-5,9-10,12H,6-8H2,1-2H3;2*1H. The van der Waals surface area contributed by atoms with Crippen molar-refractivity contribution in [2.75, 3.05) is 13.1 Å². The van der Waals surface area contributed by atoms with E-state index in [0.717, 1.165) is 13.1 Å². The molecule has 5 nitrogen and oxygen atoms in total. The Hall–Kier alpha value is -0.780. The van der Waals surface area contributed by atoms with Crippen LogP contribution in [0.25, 0.3) is 0 Å². The molecule has 7 heteroatoms. The van der Waals surface area contributed by atoms with Crippen LogP contribution in [0.2, 0.25) is 0 Å². The van der Waals surface area contributed by atoms with Crippen LogP contribution in [-0.2, 0) is 11.3 Å². The first-order valence-electron chi connectivity index (χ1n) is 5.67. The van der Waals surface area contributed by atoms with Crippen LogP contribution >= 0.6 is 24.8 Å². The number of halogens is 2. The van der Waals surface area contributed by atoms with Gasteiger partial charge in [-0.2, -0.15) is 5.10 Å². The van der Waals surface area contributed by atoms with Gasteiger partial charge in [-0.05, 0) is 19.9 Å². The van der Waals surface area contributed by atoms with Gasteiger partial charge in [0.2, 0.25) is 5.91 Å². The molecule has 2 atom stereocenters. The fourth-order valence-electron chi connectivity index (χ4n) is 1.99. The Morgan fingerprint density at radius 1 is 1.44 bits per heavy atom. The molecule has 0 aromatic carbocycles. The van der Waals surface area contributed by atoms with Gasteiger partial charge in [-0.15, -0.1) is 24.8 Å². The zero-order chi connectivity index (χ0) is 11.5. The Balaban J connectivity index is 0.00000144. The van der Waals surface area contributed by atoms with E-state index < -0.39 is 0 Å². The second-order valence-electron chi connectivity index (χ2n) is 4.41. The normalized spacial score (nSPS) is 22.9. The summed E-state index contributed by atoms with van der Waals surface area (Å²) < 4.78 is 1.67. The van der Waals surface area contributed by atoms with Crippen molar-refractivity contribution in [2.45, 2.75) is 32.5 Å². The SMILES string of the molecule is CC1CN(C(=O)Cn2cccn2)C(C)CN1.Cl.Cl. The molecule has 0 aliphatic carbocycles. The van der Waals surface area contributed by atoms with Crippen LogP contribution in [0, 0.1) is 0 Å². The number of rotatable bonds is 2. The molecule has 2 heterocycles. The molecule has 0 bridgehead atoms. The van der Waals surface area contributed by atoms with Crippen LogP contribution in [0.4, 0.5) is 0 Å². The number of nitrogens with zero attached hydrogens (tertiary/aromatic N) is 3. The Morgan fingerprint density at radius 3 is 2.78 bits per heavy atom. The van der Waals surface area contributed by atoms with Crippen LogP contribution in [-0.4, -0.2) is 45.8 Å². The summed E-state index contributed by atoms with van der Waals surface area (Å²) in [5.41, 5.74) is 0. The highest BCUT2D eigenvalue weighted by Crippen LogP contribution is 2.07. The van der Waals surface area contributed by atoms with E-state index in [-0.39, 0.29) is 36.8 Å². The van der Waals surface area contributed by atoms with Crippen LogP contribution in [0.3, 0.4) is 0 Å². The maximum atomic E-state index is 12.1. The van der Waals surface area contributed by atoms with E-state index in [2.05, 4.69) is 24.3 Å². The quantitative estimate of drug-likeness (QED) is 0.883. The highest BCUT2D eigenvalue weighted by atomic mass is 35.5. The highest BCUT2D eigenvalue weighted by molar-refractivity contribution is 5.85. The van der Waals surface area contributed by atoms with E-state index in [1.54, 1.807) is 10.9 Å². The van der Waals surface area contributed by atoms with Gasteiger partial charge >= 0.3 is 0 Å². The van der Waals surface area contributed by atoms with E-state index in [4.69, 9.17) is 0 Å². The van der Waals surface area contributed by atoms with Gasteiger partial charge in [0.05, 0.1) is 0 Å². The zero-order valence-corrected chi connectivity index (χ0v) is 12.2. The minimum absolute atomic E-state index is 0. The zero-order valence-electron chi connectivity index (χ0n) is 10.6. The highest BCUT2D eigenvalue weighted by Gasteiger charge is 2.26. The van der Waals surface area contributed by atoms with Crippen molar-refractivity contribution in [3.8, 4) is 0 Å². The van der Waals surface area contributed by atoms with Crippen molar-refractivity contribution in [3.63, 3.8) is 0 Å². The summed E-state index contributed by atoms with van der Waals surface area (Å²) >= 11 is 0. The second kappa shape index (κ2) is 7.61. The van der Waals surface area contributed by atoms with Crippen molar-refractivity contribution in [2.24, 2.45) is 0 Å². The third-order valence-corrected chi connectivity index (χ3v) is 2.94. The predicted octanol–water partition coefficient (Wildman–Crippen LogP) is 0.935. The van der Waals surface area contributed by atoms with Crippen LogP contribution < -0.4 is 5.32 Å². The van der Waals surface area contributed by atoms with Crippen molar-refractivity contribution in [1.29, 1.82) is 0 Å². The van der Waals surface area contributed by atoms with Gasteiger partial charge in [0.1, 0.15) is 6.54 Å². The molecule has 1 aliphatic rings. The van der Waals surface area contributed by atoms with Crippen LogP contribution in [0.1, 0.15) is 13.8 Å². The smallest absolute Gasteiger partial charge is 0.244 e. The molecule has 0 saturated carbocycles. The fourth-order valence-corrected chi connectivity index (χ4v) is 1.99. The first kappa shape index (κ1) is 17.2. The predicted molar refractivity (Wildman–Crippen MR) is 75.4 cm³/mol. The molecular weight excluding hydrogens is 275 g/mol. The largest absolute Gasteiger partial charge is 0.336 e. The molecule has 1 aromatic heterocycles. The third-order valence-electron chi connectivity index (χ3n) is 2.94. The molecule has 1 N–H and O–H groups in total. The van der Waals surface area contributed by atoms with E-state index in [0.29, 0.717) is 12.6 Å². The molecule has 2 rings (SSSR count). The summed E-state index contributed by atoms with van der Waals surface area (Å²) in [7, 11) is 0. The summed E-state index contributed by atoms with van der Waals surface area (Å²) in [6.07, 6.45) is 3.51. The lowest BCUT2D eigenvalue weighted by Gasteiger charge is -2.37. The minimum Gasteiger partial charge on any atom is -0.336 e. The molecule has 0 radical (unpaired) electrons. The number of piperazine rings is 1. The second-order valence-corrected chi connectivity index (χ2v) is 4.41.